The minimum atomic E-state index is -0.558. The highest BCUT2D eigenvalue weighted by Crippen LogP contribution is 2.09. The van der Waals surface area contributed by atoms with E-state index in [-0.39, 0.29) is 5.82 Å². The van der Waals surface area contributed by atoms with Gasteiger partial charge in [0, 0.05) is 25.7 Å². The van der Waals surface area contributed by atoms with Crippen LogP contribution in [0.4, 0.5) is 9.18 Å². The van der Waals surface area contributed by atoms with Crippen molar-refractivity contribution in [3.8, 4) is 0 Å². The fourth-order valence-electron chi connectivity index (χ4n) is 1.97. The fourth-order valence-corrected chi connectivity index (χ4v) is 1.97. The van der Waals surface area contributed by atoms with Gasteiger partial charge in [-0.3, -0.25) is 4.99 Å². The van der Waals surface area contributed by atoms with Crippen molar-refractivity contribution in [3.05, 3.63) is 35.6 Å². The first kappa shape index (κ1) is 20.7. The second-order valence-corrected chi connectivity index (χ2v) is 7.38. The number of carbonyl (C=O) groups excluding carboxylic acids is 1. The Bertz CT molecular complexity index is 609. The summed E-state index contributed by atoms with van der Waals surface area (Å²) in [5.41, 5.74) is -0.556. The molecule has 0 radical (unpaired) electrons. The number of hydrogen-bond acceptors (Lipinski definition) is 3. The molecule has 0 aromatic heterocycles. The summed E-state index contributed by atoms with van der Waals surface area (Å²) in [5.74, 6) is 0.250. The molecule has 1 aromatic rings. The summed E-state index contributed by atoms with van der Waals surface area (Å²) in [6.45, 7) is 9.91. The highest BCUT2D eigenvalue weighted by atomic mass is 19.1. The molecule has 0 spiro atoms. The highest BCUT2D eigenvalue weighted by Gasteiger charge is 2.24. The standard InChI is InChI=1S/C18H29FN4O2/c1-17(2,3)25-16(24)23-18(4,5)12-22-15(20-6)21-11-13-9-7-8-10-14(13)19/h7-10H,11-12H2,1-6H3,(H,23,24)(H2,20,21,22). The summed E-state index contributed by atoms with van der Waals surface area (Å²) in [6, 6.07) is 6.56. The molecular formula is C18H29FN4O2. The molecule has 0 saturated heterocycles. The van der Waals surface area contributed by atoms with Crippen molar-refractivity contribution in [3.63, 3.8) is 0 Å². The van der Waals surface area contributed by atoms with Crippen molar-refractivity contribution in [1.82, 2.24) is 16.0 Å². The molecule has 1 amide bonds. The molecule has 1 rings (SSSR count). The van der Waals surface area contributed by atoms with Gasteiger partial charge in [-0.2, -0.15) is 0 Å². The number of amides is 1. The van der Waals surface area contributed by atoms with E-state index in [1.807, 2.05) is 34.6 Å². The molecule has 0 unspecified atom stereocenters. The zero-order valence-electron chi connectivity index (χ0n) is 15.9. The molecule has 0 aliphatic heterocycles. The Morgan fingerprint density at radius 2 is 1.80 bits per heavy atom. The van der Waals surface area contributed by atoms with Crippen LogP contribution in [0.3, 0.4) is 0 Å². The summed E-state index contributed by atoms with van der Waals surface area (Å²) < 4.78 is 18.9. The SMILES string of the molecule is CN=C(NCc1ccccc1F)NCC(C)(C)NC(=O)OC(C)(C)C. The van der Waals surface area contributed by atoms with Gasteiger partial charge in [-0.15, -0.1) is 0 Å². The largest absolute Gasteiger partial charge is 0.444 e. The molecule has 0 heterocycles. The molecule has 3 N–H and O–H groups in total. The first-order valence-corrected chi connectivity index (χ1v) is 8.21. The molecule has 7 heteroatoms. The molecule has 0 saturated carbocycles. The van der Waals surface area contributed by atoms with Gasteiger partial charge in [0.25, 0.3) is 0 Å². The van der Waals surface area contributed by atoms with Gasteiger partial charge in [-0.1, -0.05) is 18.2 Å². The zero-order valence-corrected chi connectivity index (χ0v) is 15.9. The van der Waals surface area contributed by atoms with E-state index in [4.69, 9.17) is 4.74 Å². The number of guanidine groups is 1. The van der Waals surface area contributed by atoms with E-state index in [0.717, 1.165) is 0 Å². The monoisotopic (exact) mass is 352 g/mol. The topological polar surface area (TPSA) is 74.8 Å². The van der Waals surface area contributed by atoms with Gasteiger partial charge in [-0.05, 0) is 40.7 Å². The second kappa shape index (κ2) is 8.69. The van der Waals surface area contributed by atoms with Crippen molar-refractivity contribution in [2.45, 2.75) is 52.3 Å². The van der Waals surface area contributed by atoms with E-state index in [9.17, 15) is 9.18 Å². The Morgan fingerprint density at radius 3 is 2.36 bits per heavy atom. The van der Waals surface area contributed by atoms with Crippen molar-refractivity contribution in [1.29, 1.82) is 0 Å². The number of carbonyl (C=O) groups is 1. The number of halogens is 1. The third-order valence-corrected chi connectivity index (χ3v) is 3.16. The normalized spacial score (nSPS) is 12.5. The second-order valence-electron chi connectivity index (χ2n) is 7.38. The summed E-state index contributed by atoms with van der Waals surface area (Å²) in [5, 5.41) is 8.97. The number of hydrogen-bond donors (Lipinski definition) is 3. The van der Waals surface area contributed by atoms with Crippen LogP contribution in [0, 0.1) is 5.82 Å². The molecular weight excluding hydrogens is 323 g/mol. The van der Waals surface area contributed by atoms with Gasteiger partial charge in [0.1, 0.15) is 11.4 Å². The molecule has 25 heavy (non-hydrogen) atoms. The van der Waals surface area contributed by atoms with Crippen LogP contribution in [0.15, 0.2) is 29.3 Å². The minimum absolute atomic E-state index is 0.266. The molecule has 0 aliphatic carbocycles. The van der Waals surface area contributed by atoms with Crippen molar-refractivity contribution < 1.29 is 13.9 Å². The lowest BCUT2D eigenvalue weighted by Gasteiger charge is -2.29. The summed E-state index contributed by atoms with van der Waals surface area (Å²) >= 11 is 0. The maximum Gasteiger partial charge on any atom is 0.408 e. The van der Waals surface area contributed by atoms with Crippen molar-refractivity contribution in [2.24, 2.45) is 4.99 Å². The summed E-state index contributed by atoms with van der Waals surface area (Å²) in [4.78, 5) is 16.0. The van der Waals surface area contributed by atoms with Gasteiger partial charge in [0.05, 0.1) is 5.54 Å². The Balaban J connectivity index is 2.50. The average Bonchev–Trinajstić information content (AvgIpc) is 2.46. The number of nitrogens with zero attached hydrogens (tertiary/aromatic N) is 1. The number of rotatable bonds is 5. The highest BCUT2D eigenvalue weighted by molar-refractivity contribution is 5.79. The summed E-state index contributed by atoms with van der Waals surface area (Å²) in [7, 11) is 1.63. The van der Waals surface area contributed by atoms with Crippen LogP contribution >= 0.6 is 0 Å². The van der Waals surface area contributed by atoms with Gasteiger partial charge in [0.2, 0.25) is 0 Å². The molecule has 0 aliphatic rings. The van der Waals surface area contributed by atoms with E-state index in [2.05, 4.69) is 20.9 Å². The quantitative estimate of drug-likeness (QED) is 0.563. The number of nitrogens with one attached hydrogen (secondary N) is 3. The first-order chi connectivity index (χ1) is 11.5. The maximum atomic E-state index is 13.6. The molecule has 0 atom stereocenters. The Kier molecular flexibility index (Phi) is 7.21. The van der Waals surface area contributed by atoms with Crippen LogP contribution in [-0.4, -0.2) is 36.8 Å². The zero-order chi connectivity index (χ0) is 19.1. The Hall–Kier alpha value is -2.31. The van der Waals surface area contributed by atoms with E-state index in [1.54, 1.807) is 25.2 Å². The number of benzene rings is 1. The third-order valence-electron chi connectivity index (χ3n) is 3.16. The number of ether oxygens (including phenoxy) is 1. The average molecular weight is 352 g/mol. The predicted octanol–water partition coefficient (Wildman–Crippen LogP) is 2.79. The third kappa shape index (κ3) is 8.37. The molecule has 0 fully saturated rings. The van der Waals surface area contributed by atoms with Crippen LogP contribution < -0.4 is 16.0 Å². The minimum Gasteiger partial charge on any atom is -0.444 e. The van der Waals surface area contributed by atoms with Crippen molar-refractivity contribution >= 4 is 12.1 Å². The van der Waals surface area contributed by atoms with Crippen molar-refractivity contribution in [2.75, 3.05) is 13.6 Å². The van der Waals surface area contributed by atoms with E-state index in [1.165, 1.54) is 6.07 Å². The lowest BCUT2D eigenvalue weighted by atomic mass is 10.1. The lowest BCUT2D eigenvalue weighted by molar-refractivity contribution is 0.0474. The molecule has 1 aromatic carbocycles. The van der Waals surface area contributed by atoms with E-state index >= 15 is 0 Å². The Labute approximate surface area is 149 Å². The smallest absolute Gasteiger partial charge is 0.408 e. The van der Waals surface area contributed by atoms with E-state index < -0.39 is 17.2 Å². The van der Waals surface area contributed by atoms with Gasteiger partial charge < -0.3 is 20.7 Å². The van der Waals surface area contributed by atoms with E-state index in [0.29, 0.717) is 24.6 Å². The molecule has 140 valence electrons. The van der Waals surface area contributed by atoms with Crippen LogP contribution in [-0.2, 0) is 11.3 Å². The Morgan fingerprint density at radius 1 is 1.16 bits per heavy atom. The lowest BCUT2D eigenvalue weighted by Crippen LogP contribution is -2.54. The number of alkyl carbamates (subject to hydrolysis) is 1. The van der Waals surface area contributed by atoms with Crippen LogP contribution in [0.25, 0.3) is 0 Å². The van der Waals surface area contributed by atoms with Crippen LogP contribution in [0.5, 0.6) is 0 Å². The van der Waals surface area contributed by atoms with Gasteiger partial charge in [0.15, 0.2) is 5.96 Å². The molecule has 6 nitrogen and oxygen atoms in total. The fraction of sp³-hybridized carbons (Fsp3) is 0.556. The number of aliphatic imine (C=N–C) groups is 1. The van der Waals surface area contributed by atoms with Gasteiger partial charge in [-0.25, -0.2) is 9.18 Å². The van der Waals surface area contributed by atoms with Gasteiger partial charge >= 0.3 is 6.09 Å². The van der Waals surface area contributed by atoms with Crippen LogP contribution in [0.1, 0.15) is 40.2 Å². The maximum absolute atomic E-state index is 13.6. The predicted molar refractivity (Wildman–Crippen MR) is 98.1 cm³/mol. The molecule has 0 bridgehead atoms. The summed E-state index contributed by atoms with van der Waals surface area (Å²) in [6.07, 6.45) is -0.478. The first-order valence-electron chi connectivity index (χ1n) is 8.21. The van der Waals surface area contributed by atoms with Crippen LogP contribution in [0.2, 0.25) is 0 Å².